The van der Waals surface area contributed by atoms with E-state index in [1.807, 2.05) is 48.5 Å². The van der Waals surface area contributed by atoms with E-state index in [2.05, 4.69) is 4.98 Å². The van der Waals surface area contributed by atoms with Gasteiger partial charge in [0.1, 0.15) is 0 Å². The molecule has 0 N–H and O–H groups in total. The number of aromatic nitrogens is 1. The van der Waals surface area contributed by atoms with Crippen molar-refractivity contribution in [2.75, 3.05) is 0 Å². The van der Waals surface area contributed by atoms with Crippen LogP contribution in [0.1, 0.15) is 23.2 Å². The number of ketones is 1. The van der Waals surface area contributed by atoms with Crippen LogP contribution in [0.15, 0.2) is 48.5 Å². The Hall–Kier alpha value is -2.22. The predicted molar refractivity (Wildman–Crippen MR) is 76.3 cm³/mol. The van der Waals surface area contributed by atoms with Crippen LogP contribution < -0.4 is 0 Å². The molecule has 1 aromatic heterocycles. The first-order valence-corrected chi connectivity index (χ1v) is 6.66. The predicted octanol–water partition coefficient (Wildman–Crippen LogP) is 3.98. The third-order valence-electron chi connectivity index (χ3n) is 3.78. The number of hydrogen-bond acceptors (Lipinski definition) is 2. The molecule has 2 nitrogen and oxygen atoms in total. The minimum atomic E-state index is 0.231. The van der Waals surface area contributed by atoms with Gasteiger partial charge in [-0.15, -0.1) is 0 Å². The van der Waals surface area contributed by atoms with Crippen LogP contribution in [-0.2, 0) is 0 Å². The molecule has 0 bridgehead atoms. The second-order valence-corrected chi connectivity index (χ2v) is 5.16. The summed E-state index contributed by atoms with van der Waals surface area (Å²) in [7, 11) is 0. The Bertz CT molecular complexity index is 749. The molecule has 1 aliphatic carbocycles. The van der Waals surface area contributed by atoms with E-state index in [4.69, 9.17) is 0 Å². The molecule has 1 fully saturated rings. The molecule has 92 valence electrons. The van der Waals surface area contributed by atoms with Crippen molar-refractivity contribution in [3.05, 3.63) is 54.1 Å². The molecule has 19 heavy (non-hydrogen) atoms. The second-order valence-electron chi connectivity index (χ2n) is 5.16. The summed E-state index contributed by atoms with van der Waals surface area (Å²) in [6.45, 7) is 0. The quantitative estimate of drug-likeness (QED) is 0.506. The lowest BCUT2D eigenvalue weighted by atomic mass is 9.97. The summed E-state index contributed by atoms with van der Waals surface area (Å²) < 4.78 is 0. The maximum atomic E-state index is 12.6. The van der Waals surface area contributed by atoms with E-state index in [1.54, 1.807) is 0 Å². The Morgan fingerprint density at radius 1 is 0.895 bits per heavy atom. The van der Waals surface area contributed by atoms with Crippen LogP contribution in [0.5, 0.6) is 0 Å². The van der Waals surface area contributed by atoms with E-state index in [9.17, 15) is 4.79 Å². The maximum Gasteiger partial charge on any atom is 0.167 e. The van der Waals surface area contributed by atoms with E-state index in [1.165, 1.54) is 0 Å². The molecule has 2 heteroatoms. The first-order valence-electron chi connectivity index (χ1n) is 6.66. The third-order valence-corrected chi connectivity index (χ3v) is 3.78. The average Bonchev–Trinajstić information content (AvgIpc) is 3.28. The molecule has 1 saturated carbocycles. The van der Waals surface area contributed by atoms with E-state index in [0.717, 1.165) is 40.2 Å². The number of nitrogens with zero attached hydrogens (tertiary/aromatic N) is 1. The van der Waals surface area contributed by atoms with Gasteiger partial charge in [0.05, 0.1) is 11.0 Å². The van der Waals surface area contributed by atoms with E-state index in [-0.39, 0.29) is 11.7 Å². The second kappa shape index (κ2) is 3.89. The fraction of sp³-hybridized carbons (Fsp3) is 0.176. The zero-order valence-electron chi connectivity index (χ0n) is 10.5. The molecule has 0 spiro atoms. The van der Waals surface area contributed by atoms with E-state index in [0.29, 0.717) is 0 Å². The Kier molecular flexibility index (Phi) is 2.18. The number of para-hydroxylation sites is 2. The van der Waals surface area contributed by atoms with Gasteiger partial charge in [-0.05, 0) is 25.0 Å². The highest BCUT2D eigenvalue weighted by atomic mass is 16.1. The van der Waals surface area contributed by atoms with Crippen LogP contribution in [0, 0.1) is 5.92 Å². The van der Waals surface area contributed by atoms with Gasteiger partial charge >= 0.3 is 0 Å². The van der Waals surface area contributed by atoms with Gasteiger partial charge in [-0.3, -0.25) is 4.79 Å². The van der Waals surface area contributed by atoms with Crippen LogP contribution in [0.2, 0.25) is 0 Å². The van der Waals surface area contributed by atoms with Gasteiger partial charge in [0.15, 0.2) is 5.78 Å². The van der Waals surface area contributed by atoms with Crippen molar-refractivity contribution in [3.8, 4) is 0 Å². The fourth-order valence-electron chi connectivity index (χ4n) is 2.66. The highest BCUT2D eigenvalue weighted by Crippen LogP contribution is 2.36. The highest BCUT2D eigenvalue weighted by Gasteiger charge is 2.32. The summed E-state index contributed by atoms with van der Waals surface area (Å²) in [5.74, 6) is 0.518. The lowest BCUT2D eigenvalue weighted by molar-refractivity contribution is 0.0971. The molecule has 1 aliphatic rings. The van der Waals surface area contributed by atoms with Crippen LogP contribution in [0.25, 0.3) is 21.8 Å². The normalized spacial score (nSPS) is 14.9. The van der Waals surface area contributed by atoms with E-state index < -0.39 is 0 Å². The molecule has 3 aromatic rings. The van der Waals surface area contributed by atoms with Crippen LogP contribution in [-0.4, -0.2) is 10.8 Å². The molecule has 1 heterocycles. The number of benzene rings is 2. The first kappa shape index (κ1) is 10.7. The monoisotopic (exact) mass is 247 g/mol. The number of Topliss-reactive ketones (excluding diaryl/α,β-unsaturated/α-hetero) is 1. The highest BCUT2D eigenvalue weighted by molar-refractivity contribution is 6.18. The van der Waals surface area contributed by atoms with Crippen molar-refractivity contribution in [2.45, 2.75) is 12.8 Å². The van der Waals surface area contributed by atoms with Gasteiger partial charge in [-0.2, -0.15) is 0 Å². The smallest absolute Gasteiger partial charge is 0.167 e. The standard InChI is InChI=1S/C17H13NO/c19-17(11-9-10-11)16-12-5-1-3-7-14(12)18-15-8-4-2-6-13(15)16/h1-8,11H,9-10H2. The van der Waals surface area contributed by atoms with Gasteiger partial charge < -0.3 is 0 Å². The van der Waals surface area contributed by atoms with Crippen molar-refractivity contribution in [1.29, 1.82) is 0 Å². The van der Waals surface area contributed by atoms with Crippen LogP contribution in [0.4, 0.5) is 0 Å². The maximum absolute atomic E-state index is 12.6. The fourth-order valence-corrected chi connectivity index (χ4v) is 2.66. The molecule has 0 amide bonds. The summed E-state index contributed by atoms with van der Waals surface area (Å²) in [4.78, 5) is 17.3. The minimum absolute atomic E-state index is 0.231. The molecule has 0 saturated heterocycles. The number of hydrogen-bond donors (Lipinski definition) is 0. The average molecular weight is 247 g/mol. The summed E-state index contributed by atoms with van der Waals surface area (Å²) in [5, 5.41) is 1.97. The van der Waals surface area contributed by atoms with Crippen molar-refractivity contribution >= 4 is 27.6 Å². The molecular formula is C17H13NO. The number of carbonyl (C=O) groups excluding carboxylic acids is 1. The summed E-state index contributed by atoms with van der Waals surface area (Å²) in [6.07, 6.45) is 2.06. The zero-order valence-corrected chi connectivity index (χ0v) is 10.5. The lowest BCUT2D eigenvalue weighted by Crippen LogP contribution is -2.04. The van der Waals surface area contributed by atoms with Crippen molar-refractivity contribution in [3.63, 3.8) is 0 Å². The lowest BCUT2D eigenvalue weighted by Gasteiger charge is -2.09. The molecule has 0 unspecified atom stereocenters. The van der Waals surface area contributed by atoms with Crippen LogP contribution in [0.3, 0.4) is 0 Å². The van der Waals surface area contributed by atoms with Crippen molar-refractivity contribution in [1.82, 2.24) is 4.98 Å². The van der Waals surface area contributed by atoms with Gasteiger partial charge in [0.25, 0.3) is 0 Å². The van der Waals surface area contributed by atoms with Gasteiger partial charge in [-0.1, -0.05) is 36.4 Å². The topological polar surface area (TPSA) is 30.0 Å². The molecular weight excluding hydrogens is 234 g/mol. The molecule has 4 rings (SSSR count). The molecule has 0 aliphatic heterocycles. The molecule has 2 aromatic carbocycles. The first-order chi connectivity index (χ1) is 9.34. The SMILES string of the molecule is O=C(c1c2ccccc2nc2ccccc12)C1CC1. The van der Waals surface area contributed by atoms with Gasteiger partial charge in [0, 0.05) is 22.3 Å². The van der Waals surface area contributed by atoms with Crippen molar-refractivity contribution in [2.24, 2.45) is 5.92 Å². The van der Waals surface area contributed by atoms with E-state index >= 15 is 0 Å². The minimum Gasteiger partial charge on any atom is -0.294 e. The molecule has 0 atom stereocenters. The Balaban J connectivity index is 2.16. The van der Waals surface area contributed by atoms with Crippen LogP contribution >= 0.6 is 0 Å². The Morgan fingerprint density at radius 2 is 1.42 bits per heavy atom. The van der Waals surface area contributed by atoms with Crippen molar-refractivity contribution < 1.29 is 4.79 Å². The zero-order chi connectivity index (χ0) is 12.8. The Morgan fingerprint density at radius 3 is 1.95 bits per heavy atom. The Labute approximate surface area is 111 Å². The number of fused-ring (bicyclic) bond motifs is 2. The third kappa shape index (κ3) is 1.64. The number of pyridine rings is 1. The number of carbonyl (C=O) groups is 1. The summed E-state index contributed by atoms with van der Waals surface area (Å²) in [5.41, 5.74) is 2.68. The van der Waals surface area contributed by atoms with Gasteiger partial charge in [0.2, 0.25) is 0 Å². The largest absolute Gasteiger partial charge is 0.294 e. The molecule has 0 radical (unpaired) electrons. The summed E-state index contributed by atoms with van der Waals surface area (Å²) >= 11 is 0. The summed E-state index contributed by atoms with van der Waals surface area (Å²) in [6, 6.07) is 15.8. The number of rotatable bonds is 2. The van der Waals surface area contributed by atoms with Gasteiger partial charge in [-0.25, -0.2) is 4.98 Å².